The van der Waals surface area contributed by atoms with Gasteiger partial charge in [-0.2, -0.15) is 4.81 Å². The van der Waals surface area contributed by atoms with Gasteiger partial charge in [0.2, 0.25) is 0 Å². The van der Waals surface area contributed by atoms with Gasteiger partial charge in [-0.3, -0.25) is 0 Å². The van der Waals surface area contributed by atoms with E-state index >= 15 is 0 Å². The molecule has 0 fully saturated rings. The van der Waals surface area contributed by atoms with Gasteiger partial charge in [-0.15, -0.1) is 0 Å². The summed E-state index contributed by atoms with van der Waals surface area (Å²) in [6.45, 7) is 0.0549. The van der Waals surface area contributed by atoms with E-state index in [0.29, 0.717) is 17.0 Å². The lowest BCUT2D eigenvalue weighted by Gasteiger charge is -2.35. The molecular formula is C10H11NO3. The molecule has 4 nitrogen and oxygen atoms in total. The van der Waals surface area contributed by atoms with Gasteiger partial charge in [0.1, 0.15) is 12.3 Å². The predicted molar refractivity (Wildman–Crippen MR) is 53.8 cm³/mol. The summed E-state index contributed by atoms with van der Waals surface area (Å²) in [5.74, 6) is 0.676. The second-order valence-electron chi connectivity index (χ2n) is 3.21. The van der Waals surface area contributed by atoms with E-state index in [1.54, 1.807) is 31.4 Å². The van der Waals surface area contributed by atoms with Gasteiger partial charge in [0, 0.05) is 11.6 Å². The number of methoxy groups -OCH3 is 1. The van der Waals surface area contributed by atoms with Gasteiger partial charge < -0.3 is 9.94 Å². The smallest absolute Gasteiger partial charge is 0.173 e. The van der Waals surface area contributed by atoms with Crippen LogP contribution >= 0.6 is 0 Å². The number of fused-ring (bicyclic) bond motifs is 1. The maximum atomic E-state index is 11.5. The van der Waals surface area contributed by atoms with E-state index in [9.17, 15) is 10.4 Å². The van der Waals surface area contributed by atoms with Gasteiger partial charge in [-0.05, 0) is 24.3 Å². The van der Waals surface area contributed by atoms with Gasteiger partial charge in [-0.25, -0.2) is 5.21 Å². The van der Waals surface area contributed by atoms with Crippen LogP contribution in [-0.4, -0.2) is 18.9 Å². The zero-order chi connectivity index (χ0) is 10.2. The van der Waals surface area contributed by atoms with E-state index < -0.39 is 4.81 Å². The Balaban J connectivity index is 2.53. The van der Waals surface area contributed by atoms with Crippen molar-refractivity contribution in [1.82, 2.24) is 4.81 Å². The van der Waals surface area contributed by atoms with Crippen LogP contribution in [0.5, 0.6) is 5.75 Å². The first-order chi connectivity index (χ1) is 6.63. The quantitative estimate of drug-likeness (QED) is 0.547. The van der Waals surface area contributed by atoms with Crippen LogP contribution in [-0.2, 0) is 0 Å². The second kappa shape index (κ2) is 3.09. The van der Waals surface area contributed by atoms with E-state index in [-0.39, 0.29) is 6.54 Å². The summed E-state index contributed by atoms with van der Waals surface area (Å²) in [5.41, 5.74) is 1.06. The molecule has 0 radical (unpaired) electrons. The zero-order valence-electron chi connectivity index (χ0n) is 7.80. The predicted octanol–water partition coefficient (Wildman–Crippen LogP) is 1.92. The molecule has 74 valence electrons. The van der Waals surface area contributed by atoms with Crippen LogP contribution in [0, 0.1) is 5.21 Å². The maximum absolute atomic E-state index is 11.5. The molecule has 1 heterocycles. The molecule has 1 aliphatic heterocycles. The van der Waals surface area contributed by atoms with Crippen molar-refractivity contribution in [2.45, 2.75) is 0 Å². The maximum Gasteiger partial charge on any atom is 0.173 e. The molecule has 2 rings (SSSR count). The third-order valence-electron chi connectivity index (χ3n) is 2.26. The van der Waals surface area contributed by atoms with Crippen molar-refractivity contribution >= 4 is 11.8 Å². The zero-order valence-corrected chi connectivity index (χ0v) is 7.80. The molecule has 0 aliphatic carbocycles. The first-order valence-electron chi connectivity index (χ1n) is 4.30. The normalized spacial score (nSPS) is 24.5. The van der Waals surface area contributed by atoms with Crippen molar-refractivity contribution in [3.8, 4) is 5.75 Å². The molecule has 0 bridgehead atoms. The Hall–Kier alpha value is -1.36. The number of rotatable bonds is 1. The van der Waals surface area contributed by atoms with Gasteiger partial charge in [0.25, 0.3) is 0 Å². The molecule has 1 aromatic carbocycles. The fraction of sp³-hybridized carbons (Fsp3) is 0.200. The van der Waals surface area contributed by atoms with Crippen LogP contribution in [0.3, 0.4) is 0 Å². The summed E-state index contributed by atoms with van der Waals surface area (Å²) in [6.07, 6.45) is 3.46. The lowest BCUT2D eigenvalue weighted by Crippen LogP contribution is -2.41. The van der Waals surface area contributed by atoms with Crippen molar-refractivity contribution in [3.05, 3.63) is 35.0 Å². The average molecular weight is 193 g/mol. The summed E-state index contributed by atoms with van der Waals surface area (Å²) in [5, 5.41) is 21.0. The van der Waals surface area contributed by atoms with Crippen LogP contribution in [0.4, 0.5) is 5.69 Å². The van der Waals surface area contributed by atoms with Crippen LogP contribution < -0.4 is 9.55 Å². The summed E-state index contributed by atoms with van der Waals surface area (Å²) < 4.78 is 5.02. The summed E-state index contributed by atoms with van der Waals surface area (Å²) in [4.78, 5) is -1.34. The highest BCUT2D eigenvalue weighted by Gasteiger charge is 2.23. The number of ether oxygens (including phenoxy) is 1. The third-order valence-corrected chi connectivity index (χ3v) is 2.26. The minimum Gasteiger partial charge on any atom is -0.593 e. The molecule has 4 heteroatoms. The van der Waals surface area contributed by atoms with Crippen molar-refractivity contribution in [3.63, 3.8) is 0 Å². The molecule has 0 amide bonds. The van der Waals surface area contributed by atoms with Gasteiger partial charge >= 0.3 is 0 Å². The summed E-state index contributed by atoms with van der Waals surface area (Å²) in [7, 11) is 1.56. The number of nitrogens with zero attached hydrogens (tertiary/aromatic N) is 1. The number of hydrogen-bond donors (Lipinski definition) is 1. The highest BCUT2D eigenvalue weighted by Crippen LogP contribution is 2.32. The first kappa shape index (κ1) is 9.21. The molecular weight excluding hydrogens is 182 g/mol. The Labute approximate surface area is 81.8 Å². The Morgan fingerprint density at radius 1 is 1.50 bits per heavy atom. The molecule has 1 atom stereocenters. The first-order valence-corrected chi connectivity index (χ1v) is 4.30. The third kappa shape index (κ3) is 1.39. The van der Waals surface area contributed by atoms with Crippen molar-refractivity contribution in [2.24, 2.45) is 0 Å². The second-order valence-corrected chi connectivity index (χ2v) is 3.21. The Morgan fingerprint density at radius 3 is 3.00 bits per heavy atom. The molecule has 1 N–H and O–H groups in total. The van der Waals surface area contributed by atoms with E-state index in [0.717, 1.165) is 0 Å². The lowest BCUT2D eigenvalue weighted by atomic mass is 10.1. The minimum atomic E-state index is -1.34. The van der Waals surface area contributed by atoms with Crippen LogP contribution in [0.15, 0.2) is 24.3 Å². The van der Waals surface area contributed by atoms with Crippen molar-refractivity contribution < 1.29 is 9.94 Å². The minimum absolute atomic E-state index is 0.0549. The standard InChI is InChI=1S/C10H11NO3/c1-14-9-4-5-10-8(7-9)3-2-6-11(10,12)13/h2-5,7,12H,6H2,1H3. The molecule has 1 aromatic rings. The topological polar surface area (TPSA) is 52.5 Å². The molecule has 0 saturated carbocycles. The van der Waals surface area contributed by atoms with E-state index in [4.69, 9.17) is 4.74 Å². The number of hydrogen-bond acceptors (Lipinski definition) is 3. The molecule has 1 aliphatic rings. The molecule has 14 heavy (non-hydrogen) atoms. The Morgan fingerprint density at radius 2 is 2.29 bits per heavy atom. The fourth-order valence-electron chi connectivity index (χ4n) is 1.53. The monoisotopic (exact) mass is 193 g/mol. The fourth-order valence-corrected chi connectivity index (χ4v) is 1.53. The summed E-state index contributed by atoms with van der Waals surface area (Å²) in [6, 6.07) is 4.98. The van der Waals surface area contributed by atoms with Crippen LogP contribution in [0.1, 0.15) is 5.56 Å². The van der Waals surface area contributed by atoms with Gasteiger partial charge in [0.15, 0.2) is 5.69 Å². The largest absolute Gasteiger partial charge is 0.593 e. The van der Waals surface area contributed by atoms with Crippen LogP contribution in [0.2, 0.25) is 0 Å². The Bertz CT molecular complexity index is 385. The molecule has 0 spiro atoms. The molecule has 0 aromatic heterocycles. The van der Waals surface area contributed by atoms with E-state index in [1.165, 1.54) is 0 Å². The molecule has 1 unspecified atom stereocenters. The van der Waals surface area contributed by atoms with Gasteiger partial charge in [0.05, 0.1) is 7.11 Å². The van der Waals surface area contributed by atoms with Crippen molar-refractivity contribution in [1.29, 1.82) is 0 Å². The Kier molecular flexibility index (Phi) is 2.03. The summed E-state index contributed by atoms with van der Waals surface area (Å²) >= 11 is 0. The number of quaternary nitrogens is 1. The number of benzene rings is 1. The average Bonchev–Trinajstić information content (AvgIpc) is 2.16. The van der Waals surface area contributed by atoms with Gasteiger partial charge in [-0.1, -0.05) is 0 Å². The SMILES string of the molecule is COc1ccc2c(c1)C=CC[N+]2([O-])O. The molecule has 0 saturated heterocycles. The van der Waals surface area contributed by atoms with Crippen LogP contribution in [0.25, 0.3) is 6.08 Å². The van der Waals surface area contributed by atoms with Crippen molar-refractivity contribution in [2.75, 3.05) is 13.7 Å². The highest BCUT2D eigenvalue weighted by atomic mass is 16.8. The highest BCUT2D eigenvalue weighted by molar-refractivity contribution is 5.70. The van der Waals surface area contributed by atoms with E-state index in [1.807, 2.05) is 6.08 Å². The lowest BCUT2D eigenvalue weighted by molar-refractivity contribution is -0.0212. The number of hydroxylamine groups is 2. The van der Waals surface area contributed by atoms with E-state index in [2.05, 4.69) is 0 Å².